The molecule has 1 saturated heterocycles. The number of nitrogens with two attached hydrogens (primary N) is 1. The molecule has 4 rings (SSSR count). The number of likely N-dealkylation sites (tertiary alicyclic amines) is 1. The zero-order valence-corrected chi connectivity index (χ0v) is 18.2. The minimum absolute atomic E-state index is 0.0707. The van der Waals surface area contributed by atoms with Gasteiger partial charge in [-0.25, -0.2) is 9.78 Å². The molecule has 0 aromatic carbocycles. The van der Waals surface area contributed by atoms with Crippen LogP contribution in [0.4, 0.5) is 29.5 Å². The Bertz CT molecular complexity index is 1090. The topological polar surface area (TPSA) is 122 Å². The van der Waals surface area contributed by atoms with Gasteiger partial charge in [0.05, 0.1) is 5.92 Å². The third-order valence-electron chi connectivity index (χ3n) is 6.09. The summed E-state index contributed by atoms with van der Waals surface area (Å²) in [6.45, 7) is 0. The number of hydrogen-bond acceptors (Lipinski definition) is 6. The fourth-order valence-corrected chi connectivity index (χ4v) is 4.12. The number of hydrogen-bond donors (Lipinski definition) is 2. The number of likely N-dealkylation sites (N-methyl/N-ethyl adjacent to an activating group) is 1. The van der Waals surface area contributed by atoms with Gasteiger partial charge in [-0.05, 0) is 55.0 Å². The Morgan fingerprint density at radius 3 is 2.50 bits per heavy atom. The SMILES string of the molecule is CN(C(=O)[C@@H]1[C@@H](Cc2ccnc(N)c2)C(=O)N1C(=O)N[C@@H](C1CC1)C(F)(F)F)c1ccncc1. The minimum atomic E-state index is -4.66. The number of urea groups is 1. The van der Waals surface area contributed by atoms with E-state index in [1.54, 1.807) is 18.2 Å². The number of anilines is 2. The molecule has 2 aromatic rings. The fourth-order valence-electron chi connectivity index (χ4n) is 4.12. The second-order valence-corrected chi connectivity index (χ2v) is 8.46. The second kappa shape index (κ2) is 8.92. The molecule has 1 saturated carbocycles. The molecule has 180 valence electrons. The van der Waals surface area contributed by atoms with E-state index in [1.165, 1.54) is 36.6 Å². The van der Waals surface area contributed by atoms with E-state index in [1.807, 2.05) is 5.32 Å². The van der Waals surface area contributed by atoms with E-state index in [9.17, 15) is 27.6 Å². The van der Waals surface area contributed by atoms with Gasteiger partial charge in [0.25, 0.3) is 5.91 Å². The third-order valence-corrected chi connectivity index (χ3v) is 6.09. The number of carbonyl (C=O) groups is 3. The number of rotatable bonds is 6. The molecule has 3 N–H and O–H groups in total. The highest BCUT2D eigenvalue weighted by molar-refractivity contribution is 6.12. The van der Waals surface area contributed by atoms with Crippen molar-refractivity contribution in [1.82, 2.24) is 20.2 Å². The Morgan fingerprint density at radius 1 is 1.24 bits per heavy atom. The Kier molecular flexibility index (Phi) is 6.15. The molecule has 1 aliphatic carbocycles. The number of nitrogen functional groups attached to an aromatic ring is 1. The van der Waals surface area contributed by atoms with Crippen LogP contribution in [0.2, 0.25) is 0 Å². The molecular formula is C22H23F3N6O3. The Balaban J connectivity index is 1.59. The summed E-state index contributed by atoms with van der Waals surface area (Å²) in [6, 6.07) is 1.70. The summed E-state index contributed by atoms with van der Waals surface area (Å²) in [5.74, 6) is -2.80. The van der Waals surface area contributed by atoms with Crippen LogP contribution >= 0.6 is 0 Å². The van der Waals surface area contributed by atoms with Crippen LogP contribution in [0.1, 0.15) is 18.4 Å². The molecule has 0 bridgehead atoms. The summed E-state index contributed by atoms with van der Waals surface area (Å²) in [6.07, 6.45) is 0.455. The summed E-state index contributed by atoms with van der Waals surface area (Å²) in [7, 11) is 1.46. The van der Waals surface area contributed by atoms with Crippen molar-refractivity contribution in [1.29, 1.82) is 0 Å². The summed E-state index contributed by atoms with van der Waals surface area (Å²) in [4.78, 5) is 48.7. The number of nitrogens with zero attached hydrogens (tertiary/aromatic N) is 4. The van der Waals surface area contributed by atoms with Gasteiger partial charge >= 0.3 is 12.2 Å². The molecule has 0 spiro atoms. The highest BCUT2D eigenvalue weighted by atomic mass is 19.4. The molecule has 2 aliphatic rings. The lowest BCUT2D eigenvalue weighted by atomic mass is 9.81. The predicted octanol–water partition coefficient (Wildman–Crippen LogP) is 2.14. The molecule has 4 amide bonds. The van der Waals surface area contributed by atoms with Crippen LogP contribution in [0.15, 0.2) is 42.9 Å². The Labute approximate surface area is 193 Å². The highest BCUT2D eigenvalue weighted by Crippen LogP contribution is 2.41. The molecule has 2 fully saturated rings. The van der Waals surface area contributed by atoms with E-state index in [4.69, 9.17) is 5.73 Å². The zero-order valence-electron chi connectivity index (χ0n) is 18.2. The average molecular weight is 476 g/mol. The first-order valence-electron chi connectivity index (χ1n) is 10.7. The normalized spacial score (nSPS) is 20.9. The lowest BCUT2D eigenvalue weighted by Crippen LogP contribution is -2.71. The number of alkyl halides is 3. The number of aromatic nitrogens is 2. The summed E-state index contributed by atoms with van der Waals surface area (Å²) in [5, 5.41) is 1.94. The number of amides is 4. The van der Waals surface area contributed by atoms with Crippen molar-refractivity contribution >= 4 is 29.4 Å². The average Bonchev–Trinajstić information content (AvgIpc) is 3.63. The van der Waals surface area contributed by atoms with Crippen molar-refractivity contribution in [3.63, 3.8) is 0 Å². The lowest BCUT2D eigenvalue weighted by molar-refractivity contribution is -0.163. The number of halogens is 3. The molecule has 9 nitrogen and oxygen atoms in total. The molecular weight excluding hydrogens is 453 g/mol. The molecule has 0 radical (unpaired) electrons. The fraction of sp³-hybridized carbons (Fsp3) is 0.409. The van der Waals surface area contributed by atoms with Crippen molar-refractivity contribution < 1.29 is 27.6 Å². The Hall–Kier alpha value is -3.70. The smallest absolute Gasteiger partial charge is 0.384 e. The van der Waals surface area contributed by atoms with Gasteiger partial charge < -0.3 is 16.0 Å². The number of imide groups is 1. The van der Waals surface area contributed by atoms with E-state index in [-0.39, 0.29) is 12.2 Å². The third kappa shape index (κ3) is 4.66. The van der Waals surface area contributed by atoms with Crippen molar-refractivity contribution in [2.24, 2.45) is 11.8 Å². The number of carbonyl (C=O) groups excluding carboxylic acids is 3. The monoisotopic (exact) mass is 476 g/mol. The second-order valence-electron chi connectivity index (χ2n) is 8.46. The summed E-state index contributed by atoms with van der Waals surface area (Å²) < 4.78 is 40.3. The Morgan fingerprint density at radius 2 is 1.91 bits per heavy atom. The first-order chi connectivity index (χ1) is 16.1. The van der Waals surface area contributed by atoms with Gasteiger partial charge in [-0.1, -0.05) is 0 Å². The number of β-lactam (4-membered cyclic amide) rings is 1. The number of pyridine rings is 2. The van der Waals surface area contributed by atoms with Crippen LogP contribution in [0.5, 0.6) is 0 Å². The molecule has 2 aromatic heterocycles. The highest BCUT2D eigenvalue weighted by Gasteiger charge is 2.57. The molecule has 3 heterocycles. The minimum Gasteiger partial charge on any atom is -0.384 e. The van der Waals surface area contributed by atoms with Crippen molar-refractivity contribution in [3.8, 4) is 0 Å². The molecule has 34 heavy (non-hydrogen) atoms. The first kappa shape index (κ1) is 23.5. The van der Waals surface area contributed by atoms with Crippen LogP contribution in [-0.2, 0) is 16.0 Å². The van der Waals surface area contributed by atoms with Crippen molar-refractivity contribution in [3.05, 3.63) is 48.4 Å². The van der Waals surface area contributed by atoms with Gasteiger partial charge in [-0.15, -0.1) is 0 Å². The van der Waals surface area contributed by atoms with Gasteiger partial charge in [-0.3, -0.25) is 19.5 Å². The maximum atomic E-state index is 13.4. The molecule has 12 heteroatoms. The van der Waals surface area contributed by atoms with Crippen molar-refractivity contribution in [2.75, 3.05) is 17.7 Å². The first-order valence-corrected chi connectivity index (χ1v) is 10.7. The van der Waals surface area contributed by atoms with E-state index < -0.39 is 47.9 Å². The number of nitrogens with one attached hydrogen (secondary N) is 1. The van der Waals surface area contributed by atoms with E-state index in [0.717, 1.165) is 0 Å². The van der Waals surface area contributed by atoms with Crippen LogP contribution < -0.4 is 16.0 Å². The molecule has 0 unspecified atom stereocenters. The van der Waals surface area contributed by atoms with Gasteiger partial charge in [0.1, 0.15) is 17.9 Å². The van der Waals surface area contributed by atoms with E-state index in [2.05, 4.69) is 9.97 Å². The van der Waals surface area contributed by atoms with Crippen LogP contribution in [0, 0.1) is 11.8 Å². The van der Waals surface area contributed by atoms with Crippen LogP contribution in [-0.4, -0.2) is 58.0 Å². The van der Waals surface area contributed by atoms with Crippen LogP contribution in [0.25, 0.3) is 0 Å². The van der Waals surface area contributed by atoms with Crippen molar-refractivity contribution in [2.45, 2.75) is 37.5 Å². The quantitative estimate of drug-likeness (QED) is 0.617. The van der Waals surface area contributed by atoms with E-state index >= 15 is 0 Å². The van der Waals surface area contributed by atoms with Gasteiger partial charge in [0.15, 0.2) is 0 Å². The van der Waals surface area contributed by atoms with Gasteiger partial charge in [-0.2, -0.15) is 13.2 Å². The zero-order chi connectivity index (χ0) is 24.6. The maximum Gasteiger partial charge on any atom is 0.408 e. The standard InChI is InChI=1S/C22H23F3N6O3/c1-30(14-5-7-27-8-6-14)20(33)17-15(10-12-4-9-28-16(26)11-12)19(32)31(17)21(34)29-18(13-2-3-13)22(23,24)25/h4-9,11,13,15,17-18H,2-3,10H2,1H3,(H2,26,28)(H,29,34)/t15-,17+,18+/m1/s1. The van der Waals surface area contributed by atoms with Gasteiger partial charge in [0, 0.05) is 31.3 Å². The van der Waals surface area contributed by atoms with Crippen LogP contribution in [0.3, 0.4) is 0 Å². The van der Waals surface area contributed by atoms with E-state index in [0.29, 0.717) is 29.0 Å². The lowest BCUT2D eigenvalue weighted by Gasteiger charge is -2.46. The molecule has 1 aliphatic heterocycles. The summed E-state index contributed by atoms with van der Waals surface area (Å²) in [5.41, 5.74) is 6.76. The predicted molar refractivity (Wildman–Crippen MR) is 115 cm³/mol. The van der Waals surface area contributed by atoms with Gasteiger partial charge in [0.2, 0.25) is 5.91 Å². The summed E-state index contributed by atoms with van der Waals surface area (Å²) >= 11 is 0. The largest absolute Gasteiger partial charge is 0.408 e. The molecule has 3 atom stereocenters. The maximum absolute atomic E-state index is 13.4.